The molecule has 1 aliphatic rings. The van der Waals surface area contributed by atoms with E-state index in [1.54, 1.807) is 4.90 Å². The van der Waals surface area contributed by atoms with Crippen LogP contribution in [0, 0.1) is 0 Å². The van der Waals surface area contributed by atoms with Gasteiger partial charge in [0.25, 0.3) is 0 Å². The molecule has 0 aromatic heterocycles. The van der Waals surface area contributed by atoms with Gasteiger partial charge in [0.1, 0.15) is 0 Å². The molecule has 1 heterocycles. The second-order valence-electron chi connectivity index (χ2n) is 6.59. The highest BCUT2D eigenvalue weighted by atomic mass is 28.4. The predicted octanol–water partition coefficient (Wildman–Crippen LogP) is 3.61. The molecule has 156 valence electrons. The van der Waals surface area contributed by atoms with Gasteiger partial charge >= 0.3 is 14.8 Å². The Balaban J connectivity index is 1.89. The van der Waals surface area contributed by atoms with Crippen LogP contribution in [0.1, 0.15) is 45.8 Å². The van der Waals surface area contributed by atoms with Gasteiger partial charge in [-0.1, -0.05) is 30.3 Å². The van der Waals surface area contributed by atoms with Gasteiger partial charge in [-0.15, -0.1) is 0 Å². The molecule has 1 aliphatic heterocycles. The van der Waals surface area contributed by atoms with Crippen molar-refractivity contribution in [2.75, 3.05) is 32.9 Å². The molecule has 1 atom stereocenters. The molecule has 0 fully saturated rings. The Kier molecular flexibility index (Phi) is 9.10. The third-order valence-corrected chi connectivity index (χ3v) is 7.58. The largest absolute Gasteiger partial charge is 0.500 e. The van der Waals surface area contributed by atoms with Gasteiger partial charge in [0.05, 0.1) is 6.54 Å². The van der Waals surface area contributed by atoms with E-state index in [9.17, 15) is 4.79 Å². The first-order chi connectivity index (χ1) is 13.5. The molecule has 2 amide bonds. The molecule has 0 saturated carbocycles. The summed E-state index contributed by atoms with van der Waals surface area (Å²) < 4.78 is 17.6. The number of hydrogen-bond acceptors (Lipinski definition) is 5. The molecule has 0 saturated heterocycles. The third kappa shape index (κ3) is 6.13. The Bertz CT molecular complexity index is 625. The number of rotatable bonds is 11. The molecule has 1 N–H and O–H groups in total. The van der Waals surface area contributed by atoms with Gasteiger partial charge < -0.3 is 18.6 Å². The fourth-order valence-corrected chi connectivity index (χ4v) is 5.93. The van der Waals surface area contributed by atoms with Crippen molar-refractivity contribution in [3.8, 4) is 0 Å². The van der Waals surface area contributed by atoms with Crippen molar-refractivity contribution >= 4 is 20.5 Å². The van der Waals surface area contributed by atoms with Crippen molar-refractivity contribution in [1.82, 2.24) is 10.2 Å². The second-order valence-corrected chi connectivity index (χ2v) is 9.33. The van der Waals surface area contributed by atoms with Crippen LogP contribution in [0.2, 0.25) is 6.04 Å². The molecular weight excluding hydrogens is 374 g/mol. The van der Waals surface area contributed by atoms with Crippen LogP contribution < -0.4 is 5.32 Å². The Morgan fingerprint density at radius 1 is 1.14 bits per heavy atom. The maximum atomic E-state index is 12.7. The fraction of sp³-hybridized carbons (Fsp3) is 0.600. The van der Waals surface area contributed by atoms with E-state index in [1.165, 1.54) is 0 Å². The SMILES string of the molecule is CCO[Si](CCCNC(=O)N1CC(C)=NC1c1ccccc1)(OCC)OCC. The van der Waals surface area contributed by atoms with E-state index in [0.717, 1.165) is 17.7 Å². The minimum atomic E-state index is -2.66. The molecule has 0 aliphatic carbocycles. The van der Waals surface area contributed by atoms with Gasteiger partial charge in [-0.2, -0.15) is 0 Å². The first-order valence-electron chi connectivity index (χ1n) is 10.1. The lowest BCUT2D eigenvalue weighted by atomic mass is 10.2. The van der Waals surface area contributed by atoms with Gasteiger partial charge in [0.15, 0.2) is 6.17 Å². The average Bonchev–Trinajstić information content (AvgIpc) is 3.08. The molecule has 0 spiro atoms. The Morgan fingerprint density at radius 3 is 2.32 bits per heavy atom. The summed E-state index contributed by atoms with van der Waals surface area (Å²) in [5.74, 6) is 0. The van der Waals surface area contributed by atoms with Crippen LogP contribution >= 0.6 is 0 Å². The normalized spacial score (nSPS) is 16.9. The highest BCUT2D eigenvalue weighted by Crippen LogP contribution is 2.27. The van der Waals surface area contributed by atoms with Crippen molar-refractivity contribution in [2.45, 2.75) is 46.3 Å². The van der Waals surface area contributed by atoms with Crippen LogP contribution in [0.4, 0.5) is 4.79 Å². The first-order valence-corrected chi connectivity index (χ1v) is 12.0. The first kappa shape index (κ1) is 22.5. The summed E-state index contributed by atoms with van der Waals surface area (Å²) in [7, 11) is -2.66. The zero-order valence-corrected chi connectivity index (χ0v) is 18.4. The lowest BCUT2D eigenvalue weighted by Crippen LogP contribution is -2.47. The van der Waals surface area contributed by atoms with E-state index < -0.39 is 8.80 Å². The Labute approximate surface area is 169 Å². The fourth-order valence-electron chi connectivity index (χ4n) is 3.32. The van der Waals surface area contributed by atoms with Crippen molar-refractivity contribution < 1.29 is 18.1 Å². The quantitative estimate of drug-likeness (QED) is 0.449. The van der Waals surface area contributed by atoms with Crippen molar-refractivity contribution in [1.29, 1.82) is 0 Å². The van der Waals surface area contributed by atoms with Crippen LogP contribution in [-0.4, -0.2) is 58.4 Å². The summed E-state index contributed by atoms with van der Waals surface area (Å²) in [4.78, 5) is 19.1. The van der Waals surface area contributed by atoms with E-state index >= 15 is 0 Å². The molecule has 7 nitrogen and oxygen atoms in total. The zero-order chi connectivity index (χ0) is 20.4. The van der Waals surface area contributed by atoms with Gasteiger partial charge in [-0.25, -0.2) is 4.79 Å². The highest BCUT2D eigenvalue weighted by Gasteiger charge is 2.39. The number of nitrogens with zero attached hydrogens (tertiary/aromatic N) is 2. The highest BCUT2D eigenvalue weighted by molar-refractivity contribution is 6.60. The minimum Gasteiger partial charge on any atom is -0.374 e. The maximum absolute atomic E-state index is 12.7. The lowest BCUT2D eigenvalue weighted by Gasteiger charge is -2.28. The summed E-state index contributed by atoms with van der Waals surface area (Å²) in [5, 5.41) is 3.01. The summed E-state index contributed by atoms with van der Waals surface area (Å²) >= 11 is 0. The standard InChI is InChI=1S/C20H33N3O4Si/c1-5-25-28(26-6-2,27-7-3)15-11-14-21-20(24)23-16-17(4)22-19(23)18-12-9-8-10-13-18/h8-10,12-13,19H,5-7,11,14-16H2,1-4H3,(H,21,24). The summed E-state index contributed by atoms with van der Waals surface area (Å²) in [6.45, 7) is 10.5. The van der Waals surface area contributed by atoms with Crippen LogP contribution in [0.25, 0.3) is 0 Å². The molecule has 0 radical (unpaired) electrons. The molecule has 0 bridgehead atoms. The smallest absolute Gasteiger partial charge is 0.374 e. The van der Waals surface area contributed by atoms with Crippen LogP contribution in [0.3, 0.4) is 0 Å². The van der Waals surface area contributed by atoms with Gasteiger partial charge in [-0.3, -0.25) is 9.89 Å². The van der Waals surface area contributed by atoms with E-state index in [4.69, 9.17) is 13.3 Å². The number of carbonyl (C=O) groups excluding carboxylic acids is 1. The maximum Gasteiger partial charge on any atom is 0.500 e. The molecule has 28 heavy (non-hydrogen) atoms. The average molecular weight is 408 g/mol. The number of urea groups is 1. The number of hydrogen-bond donors (Lipinski definition) is 1. The van der Waals surface area contributed by atoms with Crippen LogP contribution in [0.15, 0.2) is 35.3 Å². The summed E-state index contributed by atoms with van der Waals surface area (Å²) in [6.07, 6.45) is 0.478. The molecule has 1 aromatic carbocycles. The van der Waals surface area contributed by atoms with Crippen molar-refractivity contribution in [3.63, 3.8) is 0 Å². The van der Waals surface area contributed by atoms with E-state index in [1.807, 2.05) is 58.0 Å². The zero-order valence-electron chi connectivity index (χ0n) is 17.4. The monoisotopic (exact) mass is 407 g/mol. The van der Waals surface area contributed by atoms with E-state index in [-0.39, 0.29) is 12.2 Å². The molecule has 2 rings (SSSR count). The molecule has 1 aromatic rings. The minimum absolute atomic E-state index is 0.106. The molecular formula is C20H33N3O4Si. The number of nitrogens with one attached hydrogen (secondary N) is 1. The second kappa shape index (κ2) is 11.3. The lowest BCUT2D eigenvalue weighted by molar-refractivity contribution is 0.0708. The number of amides is 2. The Morgan fingerprint density at radius 2 is 1.75 bits per heavy atom. The third-order valence-electron chi connectivity index (χ3n) is 4.42. The topological polar surface area (TPSA) is 72.4 Å². The number of carbonyl (C=O) groups is 1. The molecule has 8 heteroatoms. The van der Waals surface area contributed by atoms with Crippen molar-refractivity contribution in [2.24, 2.45) is 4.99 Å². The summed E-state index contributed by atoms with van der Waals surface area (Å²) in [6, 6.07) is 10.5. The summed E-state index contributed by atoms with van der Waals surface area (Å²) in [5.41, 5.74) is 1.98. The van der Waals surface area contributed by atoms with Gasteiger partial charge in [-0.05, 0) is 39.7 Å². The Hall–Kier alpha value is -1.74. The van der Waals surface area contributed by atoms with E-state index in [2.05, 4.69) is 10.3 Å². The predicted molar refractivity (Wildman–Crippen MR) is 112 cm³/mol. The molecule has 1 unspecified atom stereocenters. The number of benzene rings is 1. The van der Waals surface area contributed by atoms with Crippen LogP contribution in [0.5, 0.6) is 0 Å². The van der Waals surface area contributed by atoms with Gasteiger partial charge in [0.2, 0.25) is 0 Å². The number of aliphatic imine (C=N–C) groups is 1. The van der Waals surface area contributed by atoms with Gasteiger partial charge in [0, 0.05) is 38.1 Å². The van der Waals surface area contributed by atoms with E-state index in [0.29, 0.717) is 39.0 Å². The van der Waals surface area contributed by atoms with Crippen LogP contribution in [-0.2, 0) is 13.3 Å². The van der Waals surface area contributed by atoms with Crippen molar-refractivity contribution in [3.05, 3.63) is 35.9 Å².